The minimum absolute atomic E-state index is 0.00512. The lowest BCUT2D eigenvalue weighted by atomic mass is 9.84. The van der Waals surface area contributed by atoms with Gasteiger partial charge in [0.15, 0.2) is 0 Å². The van der Waals surface area contributed by atoms with Crippen molar-refractivity contribution < 1.29 is 28.6 Å². The summed E-state index contributed by atoms with van der Waals surface area (Å²) in [6.45, 7) is 14.6. The fraction of sp³-hybridized carbons (Fsp3) is 0.564. The molecule has 2 atom stereocenters. The van der Waals surface area contributed by atoms with Gasteiger partial charge in [0, 0.05) is 31.1 Å². The SMILES string of the molecule is CC/C(=C\c1ccccc1)C1CC1N(CC1CCC(N(Cc2ccc(C(=O)OC)cc2)C(=O)OC(C)(C)C)CC1)C(=O)OC(C)(C)C. The summed E-state index contributed by atoms with van der Waals surface area (Å²) in [5, 5.41) is 0. The van der Waals surface area contributed by atoms with Gasteiger partial charge in [0.1, 0.15) is 11.2 Å². The highest BCUT2D eigenvalue weighted by Crippen LogP contribution is 2.45. The normalized spacial score (nSPS) is 21.4. The van der Waals surface area contributed by atoms with E-state index in [-0.39, 0.29) is 24.3 Å². The molecule has 0 aliphatic heterocycles. The highest BCUT2D eigenvalue weighted by Gasteiger charge is 2.47. The van der Waals surface area contributed by atoms with E-state index >= 15 is 0 Å². The number of hydrogen-bond acceptors (Lipinski definition) is 6. The smallest absolute Gasteiger partial charge is 0.410 e. The molecule has 47 heavy (non-hydrogen) atoms. The predicted octanol–water partition coefficient (Wildman–Crippen LogP) is 8.89. The second kappa shape index (κ2) is 15.4. The summed E-state index contributed by atoms with van der Waals surface area (Å²) in [4.78, 5) is 42.8. The van der Waals surface area contributed by atoms with E-state index in [0.717, 1.165) is 44.1 Å². The van der Waals surface area contributed by atoms with Crippen molar-refractivity contribution >= 4 is 24.2 Å². The number of methoxy groups -OCH3 is 1. The maximum Gasteiger partial charge on any atom is 0.410 e. The molecule has 8 heteroatoms. The first-order valence-corrected chi connectivity index (χ1v) is 17.1. The summed E-state index contributed by atoms with van der Waals surface area (Å²) < 4.78 is 16.6. The Morgan fingerprint density at radius 1 is 0.809 bits per heavy atom. The van der Waals surface area contributed by atoms with Gasteiger partial charge in [0.05, 0.1) is 12.7 Å². The molecule has 2 saturated carbocycles. The molecule has 256 valence electrons. The van der Waals surface area contributed by atoms with Crippen LogP contribution in [0.25, 0.3) is 6.08 Å². The van der Waals surface area contributed by atoms with Gasteiger partial charge in [-0.2, -0.15) is 0 Å². The molecule has 2 aliphatic carbocycles. The van der Waals surface area contributed by atoms with Crippen LogP contribution in [-0.2, 0) is 20.8 Å². The van der Waals surface area contributed by atoms with Gasteiger partial charge in [0.25, 0.3) is 0 Å². The van der Waals surface area contributed by atoms with E-state index in [1.165, 1.54) is 18.2 Å². The fourth-order valence-electron chi connectivity index (χ4n) is 6.47. The largest absolute Gasteiger partial charge is 0.465 e. The number of hydrogen-bond donors (Lipinski definition) is 0. The number of esters is 1. The number of nitrogens with zero attached hydrogens (tertiary/aromatic N) is 2. The summed E-state index contributed by atoms with van der Waals surface area (Å²) in [5.74, 6) is 0.246. The van der Waals surface area contributed by atoms with Crippen LogP contribution >= 0.6 is 0 Å². The van der Waals surface area contributed by atoms with Crippen molar-refractivity contribution in [3.63, 3.8) is 0 Å². The van der Waals surface area contributed by atoms with Gasteiger partial charge < -0.3 is 24.0 Å². The molecule has 2 aromatic carbocycles. The Balaban J connectivity index is 1.46. The first-order valence-electron chi connectivity index (χ1n) is 17.1. The number of amides is 2. The molecular formula is C39H54N2O6. The van der Waals surface area contributed by atoms with Crippen LogP contribution < -0.4 is 0 Å². The van der Waals surface area contributed by atoms with E-state index in [9.17, 15) is 14.4 Å². The van der Waals surface area contributed by atoms with Crippen LogP contribution in [0.2, 0.25) is 0 Å². The number of ether oxygens (including phenoxy) is 3. The molecular weight excluding hydrogens is 592 g/mol. The average Bonchev–Trinajstić information content (AvgIpc) is 3.80. The summed E-state index contributed by atoms with van der Waals surface area (Å²) in [6.07, 6.45) is 6.99. The lowest BCUT2D eigenvalue weighted by Crippen LogP contribution is -2.46. The molecule has 4 rings (SSSR count). The van der Waals surface area contributed by atoms with E-state index in [1.807, 2.05) is 69.5 Å². The van der Waals surface area contributed by atoms with Crippen LogP contribution in [0.15, 0.2) is 60.2 Å². The van der Waals surface area contributed by atoms with Crippen molar-refractivity contribution in [2.24, 2.45) is 11.8 Å². The van der Waals surface area contributed by atoms with Crippen LogP contribution in [0, 0.1) is 11.8 Å². The Hall–Kier alpha value is -3.81. The second-order valence-electron chi connectivity index (χ2n) is 15.0. The molecule has 2 aromatic rings. The first-order chi connectivity index (χ1) is 22.2. The number of carbonyl (C=O) groups is 3. The Kier molecular flexibility index (Phi) is 11.8. The zero-order chi connectivity index (χ0) is 34.4. The monoisotopic (exact) mass is 646 g/mol. The van der Waals surface area contributed by atoms with E-state index in [1.54, 1.807) is 12.1 Å². The molecule has 8 nitrogen and oxygen atoms in total. The number of rotatable bonds is 10. The van der Waals surface area contributed by atoms with Gasteiger partial charge in [-0.1, -0.05) is 61.0 Å². The van der Waals surface area contributed by atoms with Crippen molar-refractivity contribution in [1.29, 1.82) is 0 Å². The van der Waals surface area contributed by atoms with Gasteiger partial charge in [-0.25, -0.2) is 14.4 Å². The van der Waals surface area contributed by atoms with E-state index < -0.39 is 17.2 Å². The van der Waals surface area contributed by atoms with Gasteiger partial charge in [-0.15, -0.1) is 0 Å². The Labute approximate surface area is 281 Å². The molecule has 0 aromatic heterocycles. The highest BCUT2D eigenvalue weighted by atomic mass is 16.6. The molecule has 0 heterocycles. The summed E-state index contributed by atoms with van der Waals surface area (Å²) in [5.41, 5.74) is 2.74. The fourth-order valence-corrected chi connectivity index (χ4v) is 6.47. The zero-order valence-electron chi connectivity index (χ0n) is 29.6. The van der Waals surface area contributed by atoms with Crippen LogP contribution in [0.1, 0.15) is 108 Å². The molecule has 0 spiro atoms. The number of carbonyl (C=O) groups excluding carboxylic acids is 3. The molecule has 2 amide bonds. The van der Waals surface area contributed by atoms with Crippen molar-refractivity contribution in [1.82, 2.24) is 9.80 Å². The van der Waals surface area contributed by atoms with Crippen molar-refractivity contribution in [2.45, 2.75) is 117 Å². The topological polar surface area (TPSA) is 85.4 Å². The maximum atomic E-state index is 13.6. The van der Waals surface area contributed by atoms with E-state index in [4.69, 9.17) is 14.2 Å². The zero-order valence-corrected chi connectivity index (χ0v) is 29.6. The lowest BCUT2D eigenvalue weighted by Gasteiger charge is -2.39. The van der Waals surface area contributed by atoms with Gasteiger partial charge in [0.2, 0.25) is 0 Å². The summed E-state index contributed by atoms with van der Waals surface area (Å²) in [7, 11) is 1.36. The quantitative estimate of drug-likeness (QED) is 0.189. The summed E-state index contributed by atoms with van der Waals surface area (Å²) >= 11 is 0. The molecule has 0 saturated heterocycles. The van der Waals surface area contributed by atoms with Crippen LogP contribution in [-0.4, -0.2) is 64.9 Å². The standard InChI is InChI=1S/C39H54N2O6/c1-9-30(23-27-13-11-10-12-14-27)33-24-34(33)41(37(44)47-39(5,6)7)26-29-17-21-32(22-18-29)40(36(43)46-38(2,3)4)25-28-15-19-31(20-16-28)35(42)45-8/h10-16,19-20,23,29,32-34H,9,17-18,21-22,24-26H2,1-8H3/b30-23+. The van der Waals surface area contributed by atoms with E-state index in [0.29, 0.717) is 30.5 Å². The molecule has 0 radical (unpaired) electrons. The van der Waals surface area contributed by atoms with Gasteiger partial charge in [-0.05, 0) is 109 Å². The van der Waals surface area contributed by atoms with Crippen molar-refractivity contribution in [3.05, 3.63) is 76.9 Å². The average molecular weight is 647 g/mol. The Bertz CT molecular complexity index is 1380. The predicted molar refractivity (Wildman–Crippen MR) is 185 cm³/mol. The lowest BCUT2D eigenvalue weighted by molar-refractivity contribution is 0.00499. The van der Waals surface area contributed by atoms with Crippen molar-refractivity contribution in [3.8, 4) is 0 Å². The van der Waals surface area contributed by atoms with E-state index in [2.05, 4.69) is 37.3 Å². The molecule has 2 unspecified atom stereocenters. The van der Waals surface area contributed by atoms with Gasteiger partial charge >= 0.3 is 18.2 Å². The molecule has 0 bridgehead atoms. The highest BCUT2D eigenvalue weighted by molar-refractivity contribution is 5.89. The first kappa shape index (κ1) is 36.0. The third-order valence-electron chi connectivity index (χ3n) is 8.89. The minimum atomic E-state index is -0.623. The molecule has 0 N–H and O–H groups in total. The minimum Gasteiger partial charge on any atom is -0.465 e. The Morgan fingerprint density at radius 3 is 1.91 bits per heavy atom. The third kappa shape index (κ3) is 10.6. The molecule has 2 fully saturated rings. The maximum absolute atomic E-state index is 13.6. The van der Waals surface area contributed by atoms with Crippen LogP contribution in [0.4, 0.5) is 9.59 Å². The summed E-state index contributed by atoms with van der Waals surface area (Å²) in [6, 6.07) is 17.7. The second-order valence-corrected chi connectivity index (χ2v) is 15.0. The van der Waals surface area contributed by atoms with Crippen LogP contribution in [0.3, 0.4) is 0 Å². The van der Waals surface area contributed by atoms with Crippen molar-refractivity contribution in [2.75, 3.05) is 13.7 Å². The Morgan fingerprint density at radius 2 is 1.38 bits per heavy atom. The molecule has 2 aliphatic rings. The van der Waals surface area contributed by atoms with Crippen LogP contribution in [0.5, 0.6) is 0 Å². The number of benzene rings is 2. The van der Waals surface area contributed by atoms with Gasteiger partial charge in [-0.3, -0.25) is 0 Å². The third-order valence-corrected chi connectivity index (χ3v) is 8.89.